The number of aliphatic carboxylic acids is 1. The molecular weight excluding hydrogens is 178 g/mol. The standard InChI is InChI=1S/C11H19NO2/c1-5-7-12(9-10(13)14)8-6-11(2,3)4/h1H,6-9H2,2-4H3,(H,13,14). The smallest absolute Gasteiger partial charge is 0.317 e. The Morgan fingerprint density at radius 3 is 2.43 bits per heavy atom. The number of carbonyl (C=O) groups is 1. The van der Waals surface area contributed by atoms with Gasteiger partial charge in [0.15, 0.2) is 0 Å². The van der Waals surface area contributed by atoms with E-state index >= 15 is 0 Å². The van der Waals surface area contributed by atoms with Gasteiger partial charge in [-0.25, -0.2) is 0 Å². The zero-order chi connectivity index (χ0) is 11.2. The molecule has 14 heavy (non-hydrogen) atoms. The highest BCUT2D eigenvalue weighted by Crippen LogP contribution is 2.18. The monoisotopic (exact) mass is 197 g/mol. The van der Waals surface area contributed by atoms with Gasteiger partial charge < -0.3 is 5.11 Å². The van der Waals surface area contributed by atoms with Crippen LogP contribution in [0.1, 0.15) is 27.2 Å². The van der Waals surface area contributed by atoms with E-state index in [1.54, 1.807) is 4.90 Å². The van der Waals surface area contributed by atoms with E-state index in [0.717, 1.165) is 13.0 Å². The van der Waals surface area contributed by atoms with Crippen LogP contribution in [-0.2, 0) is 4.79 Å². The lowest BCUT2D eigenvalue weighted by Crippen LogP contribution is -2.32. The Morgan fingerprint density at radius 2 is 2.07 bits per heavy atom. The van der Waals surface area contributed by atoms with Crippen molar-refractivity contribution in [3.05, 3.63) is 0 Å². The van der Waals surface area contributed by atoms with Crippen LogP contribution in [0.5, 0.6) is 0 Å². The fraction of sp³-hybridized carbons (Fsp3) is 0.727. The molecule has 0 radical (unpaired) electrons. The molecule has 0 amide bonds. The van der Waals surface area contributed by atoms with Crippen molar-refractivity contribution in [3.8, 4) is 12.3 Å². The third kappa shape index (κ3) is 7.63. The van der Waals surface area contributed by atoms with Gasteiger partial charge in [0.1, 0.15) is 0 Å². The van der Waals surface area contributed by atoms with Gasteiger partial charge in [0.2, 0.25) is 0 Å². The molecule has 3 nitrogen and oxygen atoms in total. The Labute approximate surface area is 86.1 Å². The van der Waals surface area contributed by atoms with E-state index < -0.39 is 5.97 Å². The molecule has 0 aromatic heterocycles. The summed E-state index contributed by atoms with van der Waals surface area (Å²) < 4.78 is 0. The lowest BCUT2D eigenvalue weighted by atomic mass is 9.92. The fourth-order valence-electron chi connectivity index (χ4n) is 1.03. The molecule has 0 aliphatic carbocycles. The summed E-state index contributed by atoms with van der Waals surface area (Å²) in [4.78, 5) is 12.3. The van der Waals surface area contributed by atoms with Crippen molar-refractivity contribution in [1.82, 2.24) is 4.90 Å². The minimum absolute atomic E-state index is 0.0281. The first-order valence-corrected chi connectivity index (χ1v) is 4.73. The van der Waals surface area contributed by atoms with Gasteiger partial charge in [-0.3, -0.25) is 9.69 Å². The van der Waals surface area contributed by atoms with Gasteiger partial charge >= 0.3 is 5.97 Å². The molecule has 0 aromatic rings. The van der Waals surface area contributed by atoms with Crippen LogP contribution in [0, 0.1) is 17.8 Å². The zero-order valence-electron chi connectivity index (χ0n) is 9.21. The third-order valence-corrected chi connectivity index (χ3v) is 1.85. The Balaban J connectivity index is 3.98. The average molecular weight is 197 g/mol. The van der Waals surface area contributed by atoms with Crippen molar-refractivity contribution in [3.63, 3.8) is 0 Å². The Morgan fingerprint density at radius 1 is 1.50 bits per heavy atom. The number of hydrogen-bond acceptors (Lipinski definition) is 2. The first-order valence-electron chi connectivity index (χ1n) is 4.73. The van der Waals surface area contributed by atoms with E-state index in [-0.39, 0.29) is 12.0 Å². The van der Waals surface area contributed by atoms with E-state index in [0.29, 0.717) is 6.54 Å². The molecule has 0 atom stereocenters. The maximum atomic E-state index is 10.5. The van der Waals surface area contributed by atoms with E-state index in [1.165, 1.54) is 0 Å². The first-order chi connectivity index (χ1) is 6.35. The summed E-state index contributed by atoms with van der Waals surface area (Å²) in [6.45, 7) is 7.55. The normalized spacial score (nSPS) is 11.4. The predicted octanol–water partition coefficient (Wildman–Crippen LogP) is 1.44. The molecule has 80 valence electrons. The predicted molar refractivity (Wildman–Crippen MR) is 57.0 cm³/mol. The molecule has 0 aliphatic heterocycles. The van der Waals surface area contributed by atoms with Crippen LogP contribution in [-0.4, -0.2) is 35.6 Å². The van der Waals surface area contributed by atoms with Crippen LogP contribution < -0.4 is 0 Å². The Kier molecular flexibility index (Phi) is 5.26. The summed E-state index contributed by atoms with van der Waals surface area (Å²) in [7, 11) is 0. The van der Waals surface area contributed by atoms with Crippen LogP contribution in [0.15, 0.2) is 0 Å². The van der Waals surface area contributed by atoms with Gasteiger partial charge in [0.25, 0.3) is 0 Å². The van der Waals surface area contributed by atoms with Gasteiger partial charge in [-0.1, -0.05) is 26.7 Å². The summed E-state index contributed by atoms with van der Waals surface area (Å²) in [5.74, 6) is 1.65. The summed E-state index contributed by atoms with van der Waals surface area (Å²) in [6, 6.07) is 0. The number of terminal acetylenes is 1. The van der Waals surface area contributed by atoms with Gasteiger partial charge in [0, 0.05) is 6.54 Å². The van der Waals surface area contributed by atoms with Gasteiger partial charge in [-0.2, -0.15) is 0 Å². The Hall–Kier alpha value is -1.01. The van der Waals surface area contributed by atoms with Gasteiger partial charge in [-0.15, -0.1) is 6.42 Å². The second-order valence-electron chi connectivity index (χ2n) is 4.62. The lowest BCUT2D eigenvalue weighted by Gasteiger charge is -2.23. The molecule has 0 unspecified atom stereocenters. The quantitative estimate of drug-likeness (QED) is 0.678. The summed E-state index contributed by atoms with van der Waals surface area (Å²) >= 11 is 0. The molecule has 3 heteroatoms. The lowest BCUT2D eigenvalue weighted by molar-refractivity contribution is -0.138. The van der Waals surface area contributed by atoms with Crippen molar-refractivity contribution in [2.45, 2.75) is 27.2 Å². The van der Waals surface area contributed by atoms with Crippen molar-refractivity contribution in [1.29, 1.82) is 0 Å². The van der Waals surface area contributed by atoms with E-state index in [9.17, 15) is 4.79 Å². The van der Waals surface area contributed by atoms with Crippen LogP contribution in [0.25, 0.3) is 0 Å². The zero-order valence-corrected chi connectivity index (χ0v) is 9.21. The van der Waals surface area contributed by atoms with E-state index in [4.69, 9.17) is 11.5 Å². The molecule has 0 saturated carbocycles. The molecule has 0 spiro atoms. The maximum absolute atomic E-state index is 10.5. The molecular formula is C11H19NO2. The SMILES string of the molecule is C#CCN(CCC(C)(C)C)CC(=O)O. The topological polar surface area (TPSA) is 40.5 Å². The van der Waals surface area contributed by atoms with E-state index in [2.05, 4.69) is 26.7 Å². The van der Waals surface area contributed by atoms with Gasteiger partial charge in [0.05, 0.1) is 13.1 Å². The van der Waals surface area contributed by atoms with Crippen LogP contribution >= 0.6 is 0 Å². The minimum atomic E-state index is -0.825. The number of rotatable bonds is 5. The molecule has 0 aromatic carbocycles. The van der Waals surface area contributed by atoms with Crippen LogP contribution in [0.4, 0.5) is 0 Å². The van der Waals surface area contributed by atoms with Gasteiger partial charge in [-0.05, 0) is 11.8 Å². The number of carboxylic acids is 1. The minimum Gasteiger partial charge on any atom is -0.480 e. The molecule has 0 rings (SSSR count). The Bertz CT molecular complexity index is 222. The van der Waals surface area contributed by atoms with E-state index in [1.807, 2.05) is 0 Å². The van der Waals surface area contributed by atoms with Crippen LogP contribution in [0.3, 0.4) is 0 Å². The van der Waals surface area contributed by atoms with Crippen molar-refractivity contribution < 1.29 is 9.90 Å². The molecule has 0 saturated heterocycles. The van der Waals surface area contributed by atoms with Crippen molar-refractivity contribution in [2.75, 3.05) is 19.6 Å². The number of nitrogens with zero attached hydrogens (tertiary/aromatic N) is 1. The second-order valence-corrected chi connectivity index (χ2v) is 4.62. The maximum Gasteiger partial charge on any atom is 0.317 e. The molecule has 0 aliphatic rings. The highest BCUT2D eigenvalue weighted by molar-refractivity contribution is 5.69. The van der Waals surface area contributed by atoms with Crippen molar-refractivity contribution in [2.24, 2.45) is 5.41 Å². The average Bonchev–Trinajstić information content (AvgIpc) is 1.98. The van der Waals surface area contributed by atoms with Crippen molar-refractivity contribution >= 4 is 5.97 Å². The summed E-state index contributed by atoms with van der Waals surface area (Å²) in [5.41, 5.74) is 0.214. The van der Waals surface area contributed by atoms with Crippen LogP contribution in [0.2, 0.25) is 0 Å². The summed E-state index contributed by atoms with van der Waals surface area (Å²) in [6.07, 6.45) is 6.11. The first kappa shape index (κ1) is 13.0. The number of hydrogen-bond donors (Lipinski definition) is 1. The summed E-state index contributed by atoms with van der Waals surface area (Å²) in [5, 5.41) is 8.63. The number of carboxylic acid groups (broad SMARTS) is 1. The highest BCUT2D eigenvalue weighted by Gasteiger charge is 2.14. The molecule has 0 fully saturated rings. The molecule has 0 bridgehead atoms. The molecule has 1 N–H and O–H groups in total. The largest absolute Gasteiger partial charge is 0.480 e. The second kappa shape index (κ2) is 5.66. The molecule has 0 heterocycles. The highest BCUT2D eigenvalue weighted by atomic mass is 16.4. The third-order valence-electron chi connectivity index (χ3n) is 1.85. The fourth-order valence-corrected chi connectivity index (χ4v) is 1.03.